The second-order valence-electron chi connectivity index (χ2n) is 4.92. The third-order valence-corrected chi connectivity index (χ3v) is 3.85. The number of hydrogen-bond donors (Lipinski definition) is 3. The van der Waals surface area contributed by atoms with Crippen LogP contribution in [0.3, 0.4) is 0 Å². The van der Waals surface area contributed by atoms with Crippen molar-refractivity contribution < 1.29 is 9.21 Å². The zero-order chi connectivity index (χ0) is 13.2. The zero-order valence-electron chi connectivity index (χ0n) is 10.3. The Morgan fingerprint density at radius 3 is 2.84 bits per heavy atom. The maximum Gasteiger partial charge on any atom is 0.305 e. The first-order valence-electron chi connectivity index (χ1n) is 6.31. The molecule has 100 valence electrons. The van der Waals surface area contributed by atoms with Crippen molar-refractivity contribution >= 4 is 23.2 Å². The molecule has 1 amide bonds. The molecule has 0 spiro atoms. The van der Waals surface area contributed by atoms with Gasteiger partial charge in [-0.05, 0) is 49.0 Å². The molecule has 1 saturated carbocycles. The molecule has 0 aromatic carbocycles. The van der Waals surface area contributed by atoms with Crippen LogP contribution >= 0.6 is 12.2 Å². The van der Waals surface area contributed by atoms with Crippen LogP contribution in [0.1, 0.15) is 23.4 Å². The van der Waals surface area contributed by atoms with Crippen LogP contribution in [-0.2, 0) is 0 Å². The number of thiocarbonyl (C=S) groups is 1. The maximum absolute atomic E-state index is 11.6. The fourth-order valence-corrected chi connectivity index (χ4v) is 2.94. The van der Waals surface area contributed by atoms with Gasteiger partial charge in [-0.25, -0.2) is 0 Å². The summed E-state index contributed by atoms with van der Waals surface area (Å²) in [5.74, 6) is 1.15. The Morgan fingerprint density at radius 1 is 1.32 bits per heavy atom. The fourth-order valence-electron chi connectivity index (χ4n) is 2.73. The highest BCUT2D eigenvalue weighted by Gasteiger charge is 2.35. The minimum absolute atomic E-state index is 0.248. The first kappa shape index (κ1) is 12.2. The highest BCUT2D eigenvalue weighted by molar-refractivity contribution is 7.80. The fraction of sp³-hybridized carbons (Fsp3) is 0.385. The maximum atomic E-state index is 11.6. The van der Waals surface area contributed by atoms with E-state index >= 15 is 0 Å². The van der Waals surface area contributed by atoms with Gasteiger partial charge in [0.2, 0.25) is 0 Å². The summed E-state index contributed by atoms with van der Waals surface area (Å²) in [6.45, 7) is 0. The highest BCUT2D eigenvalue weighted by atomic mass is 32.1. The number of fused-ring (bicyclic) bond motifs is 2. The topological polar surface area (TPSA) is 66.3 Å². The van der Waals surface area contributed by atoms with E-state index in [2.05, 4.69) is 28.3 Å². The van der Waals surface area contributed by atoms with Crippen LogP contribution in [0.15, 0.2) is 35.0 Å². The first-order valence-corrected chi connectivity index (χ1v) is 6.72. The van der Waals surface area contributed by atoms with E-state index in [1.54, 1.807) is 12.1 Å². The predicted molar refractivity (Wildman–Crippen MR) is 74.2 cm³/mol. The summed E-state index contributed by atoms with van der Waals surface area (Å²) in [6, 6.07) is 3.62. The van der Waals surface area contributed by atoms with Crippen LogP contribution in [0.25, 0.3) is 0 Å². The number of carbonyl (C=O) groups excluding carboxylic acids is 1. The second kappa shape index (κ2) is 5.05. The van der Waals surface area contributed by atoms with Crippen LogP contribution in [0.4, 0.5) is 0 Å². The smallest absolute Gasteiger partial charge is 0.305 e. The number of allylic oxidation sites excluding steroid dienone is 1. The molecule has 5 nitrogen and oxygen atoms in total. The van der Waals surface area contributed by atoms with Gasteiger partial charge in [-0.15, -0.1) is 0 Å². The van der Waals surface area contributed by atoms with E-state index in [9.17, 15) is 4.79 Å². The molecule has 3 rings (SSSR count). The van der Waals surface area contributed by atoms with Gasteiger partial charge in [-0.3, -0.25) is 15.6 Å². The van der Waals surface area contributed by atoms with Crippen molar-refractivity contribution in [3.8, 4) is 0 Å². The van der Waals surface area contributed by atoms with Gasteiger partial charge in [0.15, 0.2) is 10.9 Å². The second-order valence-corrected chi connectivity index (χ2v) is 5.32. The van der Waals surface area contributed by atoms with E-state index < -0.39 is 0 Å². The monoisotopic (exact) mass is 277 g/mol. The van der Waals surface area contributed by atoms with Gasteiger partial charge in [0, 0.05) is 6.04 Å². The average Bonchev–Trinajstić information content (AvgIpc) is 3.12. The van der Waals surface area contributed by atoms with Gasteiger partial charge in [0.25, 0.3) is 0 Å². The molecule has 2 bridgehead atoms. The summed E-state index contributed by atoms with van der Waals surface area (Å²) >= 11 is 5.16. The zero-order valence-corrected chi connectivity index (χ0v) is 11.1. The number of nitrogens with one attached hydrogen (secondary N) is 3. The molecule has 2 aliphatic rings. The van der Waals surface area contributed by atoms with Crippen molar-refractivity contribution in [3.05, 3.63) is 36.3 Å². The van der Waals surface area contributed by atoms with Crippen LogP contribution < -0.4 is 16.2 Å². The Hall–Kier alpha value is -1.82. The molecule has 0 radical (unpaired) electrons. The van der Waals surface area contributed by atoms with E-state index in [-0.39, 0.29) is 11.7 Å². The van der Waals surface area contributed by atoms with Crippen LogP contribution in [0.2, 0.25) is 0 Å². The molecule has 19 heavy (non-hydrogen) atoms. The van der Waals surface area contributed by atoms with Gasteiger partial charge < -0.3 is 9.73 Å². The van der Waals surface area contributed by atoms with Gasteiger partial charge in [-0.1, -0.05) is 12.2 Å². The Labute approximate surface area is 116 Å². The summed E-state index contributed by atoms with van der Waals surface area (Å²) in [5, 5.41) is 3.67. The number of hydrazine groups is 1. The Kier molecular flexibility index (Phi) is 3.25. The third kappa shape index (κ3) is 2.63. The molecule has 1 heterocycles. The van der Waals surface area contributed by atoms with Gasteiger partial charge in [0.05, 0.1) is 6.26 Å². The molecular formula is C13H15N3O2S. The lowest BCUT2D eigenvalue weighted by Gasteiger charge is -2.21. The molecule has 0 unspecified atom stereocenters. The van der Waals surface area contributed by atoms with E-state index in [0.29, 0.717) is 23.0 Å². The molecular weight excluding hydrogens is 262 g/mol. The summed E-state index contributed by atoms with van der Waals surface area (Å²) in [4.78, 5) is 11.6. The third-order valence-electron chi connectivity index (χ3n) is 3.63. The number of carbonyl (C=O) groups is 1. The number of amides is 1. The minimum atomic E-state index is -0.345. The van der Waals surface area contributed by atoms with E-state index in [0.717, 1.165) is 6.42 Å². The van der Waals surface area contributed by atoms with Crippen LogP contribution in [-0.4, -0.2) is 17.1 Å². The summed E-state index contributed by atoms with van der Waals surface area (Å²) in [7, 11) is 0. The number of hydrogen-bond acceptors (Lipinski definition) is 3. The van der Waals surface area contributed by atoms with Crippen molar-refractivity contribution in [2.24, 2.45) is 11.8 Å². The lowest BCUT2D eigenvalue weighted by Crippen LogP contribution is -2.50. The molecule has 3 N–H and O–H groups in total. The summed E-state index contributed by atoms with van der Waals surface area (Å²) in [5.41, 5.74) is 5.19. The molecule has 0 saturated heterocycles. The van der Waals surface area contributed by atoms with Crippen molar-refractivity contribution in [2.75, 3.05) is 0 Å². The minimum Gasteiger partial charge on any atom is -0.459 e. The van der Waals surface area contributed by atoms with E-state index in [1.807, 2.05) is 0 Å². The van der Waals surface area contributed by atoms with Gasteiger partial charge in [-0.2, -0.15) is 0 Å². The van der Waals surface area contributed by atoms with Crippen molar-refractivity contribution in [3.63, 3.8) is 0 Å². The van der Waals surface area contributed by atoms with Crippen LogP contribution in [0, 0.1) is 11.8 Å². The van der Waals surface area contributed by atoms with Crippen LogP contribution in [0.5, 0.6) is 0 Å². The molecule has 0 aliphatic heterocycles. The average molecular weight is 277 g/mol. The highest BCUT2D eigenvalue weighted by Crippen LogP contribution is 2.38. The Balaban J connectivity index is 1.45. The van der Waals surface area contributed by atoms with Crippen molar-refractivity contribution in [1.82, 2.24) is 16.2 Å². The standard InChI is InChI=1S/C13H15N3O2S/c17-12(11-2-1-5-18-11)15-16-13(19)14-10-7-8-3-4-9(10)6-8/h1-5,8-10H,6-7H2,(H,15,17)(H2,14,16,19)/t8-,9+,10-/m0/s1. The molecule has 1 aromatic heterocycles. The lowest BCUT2D eigenvalue weighted by molar-refractivity contribution is 0.0915. The molecule has 1 fully saturated rings. The summed E-state index contributed by atoms with van der Waals surface area (Å²) in [6.07, 6.45) is 8.29. The van der Waals surface area contributed by atoms with Gasteiger partial charge >= 0.3 is 5.91 Å². The molecule has 6 heteroatoms. The molecule has 3 atom stereocenters. The first-order chi connectivity index (χ1) is 9.22. The summed E-state index contributed by atoms with van der Waals surface area (Å²) < 4.78 is 4.98. The normalized spacial score (nSPS) is 27.3. The number of furan rings is 1. The van der Waals surface area contributed by atoms with Crippen molar-refractivity contribution in [1.29, 1.82) is 0 Å². The lowest BCUT2D eigenvalue weighted by atomic mass is 10.0. The quantitative estimate of drug-likeness (QED) is 0.433. The van der Waals surface area contributed by atoms with E-state index in [4.69, 9.17) is 16.6 Å². The van der Waals surface area contributed by atoms with Gasteiger partial charge in [0.1, 0.15) is 0 Å². The van der Waals surface area contributed by atoms with Crippen molar-refractivity contribution in [2.45, 2.75) is 18.9 Å². The van der Waals surface area contributed by atoms with E-state index in [1.165, 1.54) is 12.7 Å². The molecule has 2 aliphatic carbocycles. The Bertz CT molecular complexity index is 512. The predicted octanol–water partition coefficient (Wildman–Crippen LogP) is 1.35. The Morgan fingerprint density at radius 2 is 2.21 bits per heavy atom. The number of rotatable bonds is 2. The largest absolute Gasteiger partial charge is 0.459 e. The SMILES string of the molecule is O=C(NNC(=S)N[C@H]1C[C@H]2C=C[C@@H]1C2)c1ccco1. The molecule has 1 aromatic rings.